The van der Waals surface area contributed by atoms with Gasteiger partial charge in [-0.05, 0) is 48.0 Å². The van der Waals surface area contributed by atoms with E-state index in [4.69, 9.17) is 0 Å². The van der Waals surface area contributed by atoms with Gasteiger partial charge in [0, 0.05) is 33.3 Å². The molecule has 29 heavy (non-hydrogen) atoms. The topological polar surface area (TPSA) is 58.2 Å². The van der Waals surface area contributed by atoms with Crippen LogP contribution < -0.4 is 10.6 Å². The molecular formula is C23H17FN2O2S. The molecule has 4 rings (SSSR count). The van der Waals surface area contributed by atoms with E-state index in [1.807, 2.05) is 29.6 Å². The smallest absolute Gasteiger partial charge is 0.257 e. The number of fused-ring (bicyclic) bond motifs is 1. The van der Waals surface area contributed by atoms with E-state index in [1.54, 1.807) is 36.4 Å². The van der Waals surface area contributed by atoms with E-state index in [-0.39, 0.29) is 17.6 Å². The highest BCUT2D eigenvalue weighted by Gasteiger charge is 2.12. The van der Waals surface area contributed by atoms with E-state index in [0.717, 1.165) is 15.6 Å². The van der Waals surface area contributed by atoms with Crippen LogP contribution >= 0.6 is 11.3 Å². The zero-order valence-corrected chi connectivity index (χ0v) is 16.1. The summed E-state index contributed by atoms with van der Waals surface area (Å²) in [6, 6.07) is 20.4. The molecule has 6 heteroatoms. The van der Waals surface area contributed by atoms with Gasteiger partial charge in [-0.25, -0.2) is 4.39 Å². The zero-order chi connectivity index (χ0) is 20.2. The van der Waals surface area contributed by atoms with Gasteiger partial charge in [0.1, 0.15) is 5.82 Å². The molecule has 0 aliphatic carbocycles. The molecule has 2 N–H and O–H groups in total. The summed E-state index contributed by atoms with van der Waals surface area (Å²) in [7, 11) is 0. The predicted octanol–water partition coefficient (Wildman–Crippen LogP) is 5.22. The molecule has 1 aromatic heterocycles. The molecule has 4 nitrogen and oxygen atoms in total. The highest BCUT2D eigenvalue weighted by molar-refractivity contribution is 7.17. The minimum absolute atomic E-state index is 0.184. The maximum Gasteiger partial charge on any atom is 0.257 e. The number of benzene rings is 3. The highest BCUT2D eigenvalue weighted by atomic mass is 32.1. The SMILES string of the molecule is O=C(NCc1ccc(F)cc1)c1ccc(NC(=O)c2csc3ccccc23)cc1. The first-order valence-corrected chi connectivity index (χ1v) is 9.88. The van der Waals surface area contributed by atoms with Crippen molar-refractivity contribution in [2.24, 2.45) is 0 Å². The van der Waals surface area contributed by atoms with Crippen molar-refractivity contribution in [3.8, 4) is 0 Å². The summed E-state index contributed by atoms with van der Waals surface area (Å²) in [5.41, 5.74) is 2.53. The number of anilines is 1. The third-order valence-corrected chi connectivity index (χ3v) is 5.46. The number of carbonyl (C=O) groups excluding carboxylic acids is 2. The van der Waals surface area contributed by atoms with Gasteiger partial charge in [-0.1, -0.05) is 30.3 Å². The number of thiophene rings is 1. The van der Waals surface area contributed by atoms with Crippen LogP contribution in [0.5, 0.6) is 0 Å². The van der Waals surface area contributed by atoms with Crippen LogP contribution in [-0.2, 0) is 6.54 Å². The van der Waals surface area contributed by atoms with Gasteiger partial charge in [0.05, 0.1) is 5.56 Å². The van der Waals surface area contributed by atoms with E-state index in [2.05, 4.69) is 10.6 Å². The lowest BCUT2D eigenvalue weighted by atomic mass is 10.1. The van der Waals surface area contributed by atoms with Crippen LogP contribution in [0.1, 0.15) is 26.3 Å². The Labute approximate surface area is 171 Å². The second-order valence-electron chi connectivity index (χ2n) is 6.49. The van der Waals surface area contributed by atoms with Crippen molar-refractivity contribution in [3.05, 3.63) is 101 Å². The molecule has 0 saturated carbocycles. The molecule has 0 fully saturated rings. The number of nitrogens with one attached hydrogen (secondary N) is 2. The first-order valence-electron chi connectivity index (χ1n) is 9.00. The van der Waals surface area contributed by atoms with Gasteiger partial charge in [0.15, 0.2) is 0 Å². The van der Waals surface area contributed by atoms with E-state index >= 15 is 0 Å². The zero-order valence-electron chi connectivity index (χ0n) is 15.3. The Morgan fingerprint density at radius 3 is 2.34 bits per heavy atom. The maximum absolute atomic E-state index is 12.9. The fourth-order valence-electron chi connectivity index (χ4n) is 2.94. The van der Waals surface area contributed by atoms with Crippen molar-refractivity contribution in [2.75, 3.05) is 5.32 Å². The molecule has 0 aliphatic heterocycles. The quantitative estimate of drug-likeness (QED) is 0.479. The number of halogens is 1. The number of carbonyl (C=O) groups is 2. The number of amides is 2. The molecule has 0 unspecified atom stereocenters. The summed E-state index contributed by atoms with van der Waals surface area (Å²) in [4.78, 5) is 24.9. The molecule has 0 bridgehead atoms. The second kappa shape index (κ2) is 8.24. The van der Waals surface area contributed by atoms with Gasteiger partial charge in [0.2, 0.25) is 0 Å². The van der Waals surface area contributed by atoms with E-state index < -0.39 is 0 Å². The van der Waals surface area contributed by atoms with E-state index in [9.17, 15) is 14.0 Å². The monoisotopic (exact) mass is 404 g/mol. The lowest BCUT2D eigenvalue weighted by molar-refractivity contribution is 0.0950. The van der Waals surface area contributed by atoms with Crippen LogP contribution in [0.25, 0.3) is 10.1 Å². The van der Waals surface area contributed by atoms with Gasteiger partial charge in [0.25, 0.3) is 11.8 Å². The van der Waals surface area contributed by atoms with Crippen LogP contribution in [-0.4, -0.2) is 11.8 Å². The van der Waals surface area contributed by atoms with E-state index in [0.29, 0.717) is 23.4 Å². The van der Waals surface area contributed by atoms with Crippen LogP contribution in [0.15, 0.2) is 78.2 Å². The molecule has 2 amide bonds. The molecule has 0 spiro atoms. The van der Waals surface area contributed by atoms with Gasteiger partial charge in [-0.2, -0.15) is 0 Å². The summed E-state index contributed by atoms with van der Waals surface area (Å²) in [6.45, 7) is 0.308. The second-order valence-corrected chi connectivity index (χ2v) is 7.40. The summed E-state index contributed by atoms with van der Waals surface area (Å²) in [6.07, 6.45) is 0. The molecule has 3 aromatic carbocycles. The fraction of sp³-hybridized carbons (Fsp3) is 0.0435. The summed E-state index contributed by atoms with van der Waals surface area (Å²) in [5, 5.41) is 8.42. The summed E-state index contributed by atoms with van der Waals surface area (Å²) < 4.78 is 14.0. The van der Waals surface area contributed by atoms with Crippen LogP contribution in [0, 0.1) is 5.82 Å². The molecule has 1 heterocycles. The molecule has 4 aromatic rings. The van der Waals surface area contributed by atoms with Gasteiger partial charge in [-0.3, -0.25) is 9.59 Å². The predicted molar refractivity (Wildman–Crippen MR) is 114 cm³/mol. The van der Waals surface area contributed by atoms with Crippen molar-refractivity contribution in [3.63, 3.8) is 0 Å². The van der Waals surface area contributed by atoms with Crippen molar-refractivity contribution in [2.45, 2.75) is 6.54 Å². The Hall–Kier alpha value is -3.51. The summed E-state index contributed by atoms with van der Waals surface area (Å²) >= 11 is 1.53. The molecular weight excluding hydrogens is 387 g/mol. The van der Waals surface area contributed by atoms with Crippen molar-refractivity contribution in [1.29, 1.82) is 0 Å². The number of rotatable bonds is 5. The Morgan fingerprint density at radius 2 is 1.59 bits per heavy atom. The van der Waals surface area contributed by atoms with Gasteiger partial charge in [-0.15, -0.1) is 11.3 Å². The fourth-order valence-corrected chi connectivity index (χ4v) is 3.88. The van der Waals surface area contributed by atoms with Crippen molar-refractivity contribution < 1.29 is 14.0 Å². The lowest BCUT2D eigenvalue weighted by Gasteiger charge is -2.08. The Morgan fingerprint density at radius 1 is 0.862 bits per heavy atom. The standard InChI is InChI=1S/C23H17FN2O2S/c24-17-9-5-15(6-10-17)13-25-22(27)16-7-11-18(12-8-16)26-23(28)20-14-29-21-4-2-1-3-19(20)21/h1-12,14H,13H2,(H,25,27)(H,26,28). The third-order valence-electron chi connectivity index (χ3n) is 4.50. The van der Waals surface area contributed by atoms with Crippen molar-refractivity contribution in [1.82, 2.24) is 5.32 Å². The molecule has 0 saturated heterocycles. The number of hydrogen-bond donors (Lipinski definition) is 2. The largest absolute Gasteiger partial charge is 0.348 e. The average molecular weight is 404 g/mol. The Kier molecular flexibility index (Phi) is 5.35. The van der Waals surface area contributed by atoms with Crippen LogP contribution in [0.2, 0.25) is 0 Å². The van der Waals surface area contributed by atoms with Crippen LogP contribution in [0.3, 0.4) is 0 Å². The third kappa shape index (κ3) is 4.33. The molecule has 144 valence electrons. The van der Waals surface area contributed by atoms with Crippen LogP contribution in [0.4, 0.5) is 10.1 Å². The Bertz CT molecular complexity index is 1170. The van der Waals surface area contributed by atoms with Crippen molar-refractivity contribution >= 4 is 38.9 Å². The first kappa shape index (κ1) is 18.8. The molecule has 0 radical (unpaired) electrons. The normalized spacial score (nSPS) is 10.7. The average Bonchev–Trinajstić information content (AvgIpc) is 3.18. The van der Waals surface area contributed by atoms with Gasteiger partial charge < -0.3 is 10.6 Å². The van der Waals surface area contributed by atoms with Gasteiger partial charge >= 0.3 is 0 Å². The number of hydrogen-bond acceptors (Lipinski definition) is 3. The molecule has 0 aliphatic rings. The van der Waals surface area contributed by atoms with E-state index in [1.165, 1.54) is 23.5 Å². The maximum atomic E-state index is 12.9. The minimum atomic E-state index is -0.312. The Balaban J connectivity index is 1.39. The lowest BCUT2D eigenvalue weighted by Crippen LogP contribution is -2.22. The highest BCUT2D eigenvalue weighted by Crippen LogP contribution is 2.26. The first-order chi connectivity index (χ1) is 14.1. The summed E-state index contributed by atoms with van der Waals surface area (Å²) in [5.74, 6) is -0.736. The minimum Gasteiger partial charge on any atom is -0.348 e. The molecule has 0 atom stereocenters.